The van der Waals surface area contributed by atoms with Gasteiger partial charge in [-0.25, -0.2) is 0 Å². The summed E-state index contributed by atoms with van der Waals surface area (Å²) in [6.07, 6.45) is -5.63. The van der Waals surface area contributed by atoms with Crippen molar-refractivity contribution in [2.75, 3.05) is 19.8 Å². The molecule has 13 heteroatoms. The molecule has 13 nitrogen and oxygen atoms in total. The molecule has 6 aliphatic rings. The lowest BCUT2D eigenvalue weighted by molar-refractivity contribution is -0.303. The second kappa shape index (κ2) is 12.5. The molecule has 17 atom stereocenters. The van der Waals surface area contributed by atoms with E-state index in [0.717, 1.165) is 51.4 Å². The number of rotatable bonds is 7. The Bertz CT molecular complexity index is 1070. The van der Waals surface area contributed by atoms with E-state index in [1.165, 1.54) is 0 Å². The summed E-state index contributed by atoms with van der Waals surface area (Å²) in [5.74, 6) is 0.598. The lowest BCUT2D eigenvalue weighted by atomic mass is 9.41. The van der Waals surface area contributed by atoms with Gasteiger partial charge in [0.1, 0.15) is 48.8 Å². The quantitative estimate of drug-likeness (QED) is 0.159. The lowest BCUT2D eigenvalue weighted by Crippen LogP contribution is -2.61. The molecule has 0 amide bonds. The highest BCUT2D eigenvalue weighted by Crippen LogP contribution is 2.72. The molecule has 2 aliphatic heterocycles. The number of fused-ring (bicyclic) bond motifs is 3. The Hall–Kier alpha value is -0.970. The van der Waals surface area contributed by atoms with Gasteiger partial charge in [-0.1, -0.05) is 13.3 Å². The highest BCUT2D eigenvalue weighted by Gasteiger charge is 2.66. The van der Waals surface area contributed by atoms with Gasteiger partial charge in [-0.05, 0) is 92.8 Å². The molecule has 2 saturated heterocycles. The van der Waals surface area contributed by atoms with Crippen LogP contribution in [0.2, 0.25) is 0 Å². The molecule has 4 aliphatic carbocycles. The first-order valence-electron chi connectivity index (χ1n) is 16.7. The molecule has 258 valence electrons. The zero-order chi connectivity index (χ0) is 32.5. The molecule has 8 N–H and O–H groups in total. The van der Waals surface area contributed by atoms with Gasteiger partial charge in [0.15, 0.2) is 6.29 Å². The SMILES string of the molecule is C[C@@]12CCC[C@@](C)(C(=O)O[C@@H]3O[C@H](CO)[C@@H](O)[C@H](O)[C@H]3O)[C@H]1CC[C@@]13C[C@@H](CC[C@H]12)[C@H](CO[C@@H]1O[C@H](CO)[C@@H](O)[C@H](O)[C@H]1O)C3. The molecule has 45 heavy (non-hydrogen) atoms. The van der Waals surface area contributed by atoms with Crippen LogP contribution in [0.25, 0.3) is 0 Å². The highest BCUT2D eigenvalue weighted by atomic mass is 16.7. The van der Waals surface area contributed by atoms with Crippen molar-refractivity contribution in [1.29, 1.82) is 0 Å². The van der Waals surface area contributed by atoms with E-state index in [2.05, 4.69) is 6.92 Å². The Morgan fingerprint density at radius 1 is 0.733 bits per heavy atom. The zero-order valence-electron chi connectivity index (χ0n) is 26.2. The van der Waals surface area contributed by atoms with Gasteiger partial charge in [0.25, 0.3) is 0 Å². The van der Waals surface area contributed by atoms with Gasteiger partial charge >= 0.3 is 5.97 Å². The summed E-state index contributed by atoms with van der Waals surface area (Å²) in [4.78, 5) is 13.9. The fourth-order valence-electron chi connectivity index (χ4n) is 10.9. The van der Waals surface area contributed by atoms with E-state index in [1.54, 1.807) is 0 Å². The van der Waals surface area contributed by atoms with Crippen LogP contribution in [0.15, 0.2) is 0 Å². The van der Waals surface area contributed by atoms with Crippen LogP contribution in [0, 0.1) is 39.9 Å². The summed E-state index contributed by atoms with van der Waals surface area (Å²) in [5, 5.41) is 80.7. The molecule has 0 aromatic heterocycles. The fraction of sp³-hybridized carbons (Fsp3) is 0.969. The molecule has 0 unspecified atom stereocenters. The standard InChI is InChI=1S/C32H52O13/c1-30-7-3-8-31(2,29(41)45-28-26(40)24(38)22(36)18(13-34)44-28)19(30)6-9-32-10-15(4-5-20(30)32)16(11-32)14-42-27-25(39)23(37)21(35)17(12-33)43-27/h15-28,33-40H,3-14H2,1-2H3/t15-,16+,17-,18-,19+,20+,21-,22-,23+,24+,25-,26-,27-,28+,30-,31-,32+/m1/s1. The van der Waals surface area contributed by atoms with Crippen LogP contribution in [0.5, 0.6) is 0 Å². The minimum atomic E-state index is -1.64. The van der Waals surface area contributed by atoms with Crippen LogP contribution >= 0.6 is 0 Å². The number of hydrogen-bond acceptors (Lipinski definition) is 13. The Morgan fingerprint density at radius 2 is 1.36 bits per heavy atom. The predicted molar refractivity (Wildman–Crippen MR) is 154 cm³/mol. The monoisotopic (exact) mass is 644 g/mol. The van der Waals surface area contributed by atoms with E-state index in [9.17, 15) is 45.6 Å². The summed E-state index contributed by atoms with van der Waals surface area (Å²) in [5.41, 5.74) is -0.872. The Balaban J connectivity index is 1.14. The minimum absolute atomic E-state index is 0.0349. The number of esters is 1. The van der Waals surface area contributed by atoms with E-state index in [1.807, 2.05) is 6.92 Å². The molecule has 0 aromatic carbocycles. The number of carbonyl (C=O) groups is 1. The van der Waals surface area contributed by atoms with Crippen molar-refractivity contribution in [2.45, 2.75) is 133 Å². The molecule has 2 heterocycles. The van der Waals surface area contributed by atoms with Crippen LogP contribution in [-0.4, -0.2) is 128 Å². The first-order valence-corrected chi connectivity index (χ1v) is 16.7. The zero-order valence-corrected chi connectivity index (χ0v) is 26.2. The molecular formula is C32H52O13. The molecule has 0 aromatic rings. The normalized spacial score (nSPS) is 54.6. The summed E-state index contributed by atoms with van der Waals surface area (Å²) >= 11 is 0. The average Bonchev–Trinajstić information content (AvgIpc) is 3.28. The van der Waals surface area contributed by atoms with Crippen LogP contribution in [0.4, 0.5) is 0 Å². The van der Waals surface area contributed by atoms with Crippen molar-refractivity contribution < 1.29 is 64.6 Å². The molecule has 0 radical (unpaired) electrons. The Morgan fingerprint density at radius 3 is 2.00 bits per heavy atom. The molecule has 1 spiro atoms. The summed E-state index contributed by atoms with van der Waals surface area (Å²) in [6, 6.07) is 0. The first kappa shape index (κ1) is 33.9. The van der Waals surface area contributed by atoms with Crippen LogP contribution in [-0.2, 0) is 23.7 Å². The van der Waals surface area contributed by atoms with Crippen LogP contribution < -0.4 is 0 Å². The predicted octanol–water partition coefficient (Wildman–Crippen LogP) is -0.825. The van der Waals surface area contributed by atoms with Crippen molar-refractivity contribution >= 4 is 5.97 Å². The second-order valence-corrected chi connectivity index (χ2v) is 15.4. The third kappa shape index (κ3) is 5.47. The highest BCUT2D eigenvalue weighted by molar-refractivity contribution is 5.77. The van der Waals surface area contributed by atoms with Crippen molar-refractivity contribution in [2.24, 2.45) is 39.9 Å². The third-order valence-corrected chi connectivity index (χ3v) is 13.1. The maximum Gasteiger partial charge on any atom is 0.314 e. The van der Waals surface area contributed by atoms with E-state index in [0.29, 0.717) is 24.9 Å². The Labute approximate surface area is 263 Å². The van der Waals surface area contributed by atoms with E-state index >= 15 is 0 Å². The number of aliphatic hydroxyl groups excluding tert-OH is 8. The van der Waals surface area contributed by atoms with Crippen LogP contribution in [0.1, 0.15) is 71.6 Å². The molecule has 2 bridgehead atoms. The van der Waals surface area contributed by atoms with Gasteiger partial charge < -0.3 is 59.8 Å². The van der Waals surface area contributed by atoms with Crippen molar-refractivity contribution in [3.63, 3.8) is 0 Å². The van der Waals surface area contributed by atoms with E-state index in [-0.39, 0.29) is 22.7 Å². The average molecular weight is 645 g/mol. The maximum atomic E-state index is 13.9. The smallest absolute Gasteiger partial charge is 0.314 e. The molecule has 6 rings (SSSR count). The van der Waals surface area contributed by atoms with Gasteiger partial charge in [0.2, 0.25) is 6.29 Å². The molecular weight excluding hydrogens is 592 g/mol. The summed E-state index contributed by atoms with van der Waals surface area (Å²) in [6.45, 7) is 3.49. The Kier molecular flexibility index (Phi) is 9.41. The van der Waals surface area contributed by atoms with E-state index in [4.69, 9.17) is 18.9 Å². The van der Waals surface area contributed by atoms with Gasteiger partial charge in [-0.3, -0.25) is 4.79 Å². The van der Waals surface area contributed by atoms with Crippen molar-refractivity contribution in [3.05, 3.63) is 0 Å². The number of carbonyl (C=O) groups excluding carboxylic acids is 1. The minimum Gasteiger partial charge on any atom is -0.432 e. The number of aliphatic hydroxyl groups is 8. The second-order valence-electron chi connectivity index (χ2n) is 15.4. The van der Waals surface area contributed by atoms with Gasteiger partial charge in [-0.15, -0.1) is 0 Å². The van der Waals surface area contributed by atoms with Crippen molar-refractivity contribution in [1.82, 2.24) is 0 Å². The van der Waals surface area contributed by atoms with Crippen molar-refractivity contribution in [3.8, 4) is 0 Å². The summed E-state index contributed by atoms with van der Waals surface area (Å²) in [7, 11) is 0. The van der Waals surface area contributed by atoms with Crippen LogP contribution in [0.3, 0.4) is 0 Å². The molecule has 4 saturated carbocycles. The topological polar surface area (TPSA) is 216 Å². The van der Waals surface area contributed by atoms with Gasteiger partial charge in [-0.2, -0.15) is 0 Å². The molecule has 6 fully saturated rings. The number of hydrogen-bond donors (Lipinski definition) is 8. The maximum absolute atomic E-state index is 13.9. The van der Waals surface area contributed by atoms with E-state index < -0.39 is 86.0 Å². The fourth-order valence-corrected chi connectivity index (χ4v) is 10.9. The third-order valence-electron chi connectivity index (χ3n) is 13.1. The largest absolute Gasteiger partial charge is 0.432 e. The van der Waals surface area contributed by atoms with Gasteiger partial charge in [0, 0.05) is 0 Å². The van der Waals surface area contributed by atoms with Gasteiger partial charge in [0.05, 0.1) is 25.2 Å². The lowest BCUT2D eigenvalue weighted by Gasteiger charge is -2.63. The number of ether oxygens (including phenoxy) is 4. The first-order chi connectivity index (χ1) is 21.3. The summed E-state index contributed by atoms with van der Waals surface area (Å²) < 4.78 is 22.9.